The van der Waals surface area contributed by atoms with E-state index < -0.39 is 27.2 Å². The van der Waals surface area contributed by atoms with Crippen molar-refractivity contribution in [2.45, 2.75) is 11.8 Å². The van der Waals surface area contributed by atoms with Crippen LogP contribution in [0.25, 0.3) is 0 Å². The van der Waals surface area contributed by atoms with Crippen LogP contribution in [0.5, 0.6) is 17.2 Å². The number of phenols is 1. The lowest BCUT2D eigenvalue weighted by molar-refractivity contribution is 0.0977. The van der Waals surface area contributed by atoms with Gasteiger partial charge in [0.2, 0.25) is 0 Å². The second-order valence-electron chi connectivity index (χ2n) is 6.74. The van der Waals surface area contributed by atoms with Crippen molar-refractivity contribution in [3.8, 4) is 17.2 Å². The highest BCUT2D eigenvalue weighted by molar-refractivity contribution is 7.91. The summed E-state index contributed by atoms with van der Waals surface area (Å²) in [7, 11) is -3.36. The number of aromatic hydroxyl groups is 1. The monoisotopic (exact) mass is 423 g/mol. The Morgan fingerprint density at radius 3 is 2.07 bits per heavy atom. The largest absolute Gasteiger partial charge is 0.507 e. The van der Waals surface area contributed by atoms with Crippen LogP contribution in [-0.4, -0.2) is 30.8 Å². The number of carbonyl (C=O) groups is 2. The van der Waals surface area contributed by atoms with E-state index in [1.165, 1.54) is 42.5 Å². The van der Waals surface area contributed by atoms with Crippen molar-refractivity contribution in [2.24, 2.45) is 0 Å². The minimum Gasteiger partial charge on any atom is -0.507 e. The lowest BCUT2D eigenvalue weighted by Crippen LogP contribution is -2.22. The van der Waals surface area contributed by atoms with Crippen LogP contribution in [0.15, 0.2) is 59.5 Å². The van der Waals surface area contributed by atoms with Gasteiger partial charge in [-0.15, -0.1) is 0 Å². The van der Waals surface area contributed by atoms with Crippen LogP contribution in [0.2, 0.25) is 0 Å². The van der Waals surface area contributed by atoms with Crippen molar-refractivity contribution < 1.29 is 27.9 Å². The van der Waals surface area contributed by atoms with E-state index in [0.29, 0.717) is 0 Å². The number of sulfone groups is 1. The van der Waals surface area contributed by atoms with Crippen LogP contribution in [0.1, 0.15) is 38.8 Å². The Morgan fingerprint density at radius 1 is 0.933 bits per heavy atom. The number of rotatable bonds is 4. The minimum atomic E-state index is -3.36. The van der Waals surface area contributed by atoms with E-state index in [-0.39, 0.29) is 50.1 Å². The number of fused-ring (bicyclic) bond motifs is 2. The molecule has 3 N–H and O–H groups in total. The van der Waals surface area contributed by atoms with Crippen LogP contribution in [0, 0.1) is 0 Å². The SMILES string of the molecule is CCS(=O)(=O)c1ccc(Oc2cc(O)c3c(c2N)C(=O)c2ccccc2C3=O)cc1. The van der Waals surface area contributed by atoms with Gasteiger partial charge in [0.15, 0.2) is 27.2 Å². The number of nitrogen functional groups attached to an aromatic ring is 1. The third kappa shape index (κ3) is 3.02. The van der Waals surface area contributed by atoms with Gasteiger partial charge in [-0.3, -0.25) is 9.59 Å². The van der Waals surface area contributed by atoms with Gasteiger partial charge in [-0.25, -0.2) is 8.42 Å². The number of phenolic OH excluding ortho intramolecular Hbond substituents is 1. The highest BCUT2D eigenvalue weighted by Crippen LogP contribution is 2.42. The summed E-state index contributed by atoms with van der Waals surface area (Å²) >= 11 is 0. The Bertz CT molecular complexity index is 1310. The van der Waals surface area contributed by atoms with Crippen molar-refractivity contribution in [1.29, 1.82) is 0 Å². The number of hydrogen-bond acceptors (Lipinski definition) is 7. The second kappa shape index (κ2) is 7.00. The molecule has 0 radical (unpaired) electrons. The molecule has 3 aromatic carbocycles. The molecule has 1 aliphatic rings. The van der Waals surface area contributed by atoms with Crippen LogP contribution >= 0.6 is 0 Å². The molecule has 8 heteroatoms. The lowest BCUT2D eigenvalue weighted by atomic mass is 9.82. The molecule has 0 heterocycles. The van der Waals surface area contributed by atoms with E-state index in [9.17, 15) is 23.1 Å². The summed E-state index contributed by atoms with van der Waals surface area (Å²) in [4.78, 5) is 25.9. The molecule has 0 aliphatic heterocycles. The molecule has 4 rings (SSSR count). The summed E-state index contributed by atoms with van der Waals surface area (Å²) in [6, 6.07) is 13.2. The Morgan fingerprint density at radius 2 is 1.50 bits per heavy atom. The van der Waals surface area contributed by atoms with E-state index in [1.807, 2.05) is 0 Å². The smallest absolute Gasteiger partial charge is 0.198 e. The predicted molar refractivity (Wildman–Crippen MR) is 110 cm³/mol. The topological polar surface area (TPSA) is 124 Å². The summed E-state index contributed by atoms with van der Waals surface area (Å²) in [6.45, 7) is 1.55. The highest BCUT2D eigenvalue weighted by atomic mass is 32.2. The number of anilines is 1. The Kier molecular flexibility index (Phi) is 4.58. The summed E-state index contributed by atoms with van der Waals surface area (Å²) in [5.74, 6) is -1.19. The van der Waals surface area contributed by atoms with Gasteiger partial charge in [0, 0.05) is 17.2 Å². The van der Waals surface area contributed by atoms with Gasteiger partial charge in [-0.2, -0.15) is 0 Å². The van der Waals surface area contributed by atoms with E-state index in [4.69, 9.17) is 10.5 Å². The molecule has 0 unspecified atom stereocenters. The normalized spacial score (nSPS) is 13.0. The molecular weight excluding hydrogens is 406 g/mol. The van der Waals surface area contributed by atoms with Crippen molar-refractivity contribution >= 4 is 27.1 Å². The van der Waals surface area contributed by atoms with Gasteiger partial charge < -0.3 is 15.6 Å². The van der Waals surface area contributed by atoms with E-state index >= 15 is 0 Å². The number of nitrogens with two attached hydrogens (primary N) is 1. The first-order chi connectivity index (χ1) is 14.2. The van der Waals surface area contributed by atoms with E-state index in [2.05, 4.69) is 0 Å². The number of hydrogen-bond donors (Lipinski definition) is 2. The van der Waals surface area contributed by atoms with Gasteiger partial charge >= 0.3 is 0 Å². The molecule has 0 atom stereocenters. The Hall–Kier alpha value is -3.65. The summed E-state index contributed by atoms with van der Waals surface area (Å²) in [6.07, 6.45) is 0. The first-order valence-corrected chi connectivity index (χ1v) is 10.7. The third-order valence-corrected chi connectivity index (χ3v) is 6.72. The molecule has 152 valence electrons. The molecule has 3 aromatic rings. The average Bonchev–Trinajstić information content (AvgIpc) is 2.74. The van der Waals surface area contributed by atoms with Crippen LogP contribution in [0.3, 0.4) is 0 Å². The zero-order valence-corrected chi connectivity index (χ0v) is 16.7. The fraction of sp³-hybridized carbons (Fsp3) is 0.0909. The summed E-state index contributed by atoms with van der Waals surface area (Å²) in [5, 5.41) is 10.4. The maximum absolute atomic E-state index is 13.0. The average molecular weight is 423 g/mol. The molecule has 0 fully saturated rings. The van der Waals surface area contributed by atoms with Crippen molar-refractivity contribution in [3.63, 3.8) is 0 Å². The number of ether oxygens (including phenoxy) is 1. The minimum absolute atomic E-state index is 0.0159. The fourth-order valence-electron chi connectivity index (χ4n) is 3.37. The lowest BCUT2D eigenvalue weighted by Gasteiger charge is -2.21. The molecule has 1 aliphatic carbocycles. The molecule has 0 amide bonds. The second-order valence-corrected chi connectivity index (χ2v) is 9.02. The molecular formula is C22H17NO6S. The zero-order chi connectivity index (χ0) is 21.6. The molecule has 7 nitrogen and oxygen atoms in total. The molecule has 0 saturated heterocycles. The Balaban J connectivity index is 1.77. The van der Waals surface area contributed by atoms with Gasteiger partial charge in [0.05, 0.1) is 27.5 Å². The quantitative estimate of drug-likeness (QED) is 0.381. The number of ketones is 2. The predicted octanol–water partition coefficient (Wildman–Crippen LogP) is 3.34. The molecule has 30 heavy (non-hydrogen) atoms. The van der Waals surface area contributed by atoms with Crippen LogP contribution in [0.4, 0.5) is 5.69 Å². The summed E-state index contributed by atoms with van der Waals surface area (Å²) in [5.41, 5.74) is 6.19. The standard InChI is InChI=1S/C22H17NO6S/c1-2-30(27,28)13-9-7-12(8-10-13)29-17-11-16(24)18-19(20(17)23)22(26)15-6-4-3-5-14(15)21(18)25/h3-11,24H,2,23H2,1H3. The highest BCUT2D eigenvalue weighted by Gasteiger charge is 2.35. The fourth-order valence-corrected chi connectivity index (χ4v) is 4.25. The number of benzene rings is 3. The summed E-state index contributed by atoms with van der Waals surface area (Å²) < 4.78 is 29.6. The molecule has 0 aromatic heterocycles. The van der Waals surface area contributed by atoms with Gasteiger partial charge in [-0.05, 0) is 24.3 Å². The maximum atomic E-state index is 13.0. The van der Waals surface area contributed by atoms with Crippen LogP contribution < -0.4 is 10.5 Å². The van der Waals surface area contributed by atoms with Crippen molar-refractivity contribution in [3.05, 3.63) is 76.9 Å². The maximum Gasteiger partial charge on any atom is 0.198 e. The first kappa shape index (κ1) is 19.7. The van der Waals surface area contributed by atoms with Crippen LogP contribution in [-0.2, 0) is 9.84 Å². The van der Waals surface area contributed by atoms with Gasteiger partial charge in [-0.1, -0.05) is 31.2 Å². The molecule has 0 spiro atoms. The molecule has 0 bridgehead atoms. The third-order valence-electron chi connectivity index (χ3n) is 4.97. The van der Waals surface area contributed by atoms with Gasteiger partial charge in [0.25, 0.3) is 0 Å². The Labute approximate surface area is 172 Å². The van der Waals surface area contributed by atoms with Crippen molar-refractivity contribution in [1.82, 2.24) is 0 Å². The van der Waals surface area contributed by atoms with E-state index in [1.54, 1.807) is 19.1 Å². The zero-order valence-electron chi connectivity index (χ0n) is 15.9. The van der Waals surface area contributed by atoms with Crippen molar-refractivity contribution in [2.75, 3.05) is 11.5 Å². The molecule has 0 saturated carbocycles. The number of carbonyl (C=O) groups excluding carboxylic acids is 2. The van der Waals surface area contributed by atoms with Gasteiger partial charge in [0.1, 0.15) is 11.5 Å². The first-order valence-electron chi connectivity index (χ1n) is 9.09. The van der Waals surface area contributed by atoms with E-state index in [0.717, 1.165) is 0 Å².